The smallest absolute Gasteiger partial charge is 0.0544 e. The molecule has 1 aromatic heterocycles. The molecular formula is C25H17NS. The zero-order chi connectivity index (χ0) is 17.8. The van der Waals surface area contributed by atoms with Gasteiger partial charge in [-0.1, -0.05) is 90.7 Å². The first-order chi connectivity index (χ1) is 13.4. The number of aromatic amines is 1. The van der Waals surface area contributed by atoms with E-state index in [-0.39, 0.29) is 0 Å². The summed E-state index contributed by atoms with van der Waals surface area (Å²) in [5.74, 6) is 0. The van der Waals surface area contributed by atoms with Crippen LogP contribution in [-0.2, 0) is 0 Å². The van der Waals surface area contributed by atoms with Crippen molar-refractivity contribution in [3.05, 3.63) is 95.6 Å². The number of hydrogen-bond donors (Lipinski definition) is 1. The molecule has 2 heterocycles. The highest BCUT2D eigenvalue weighted by molar-refractivity contribution is 8.03. The van der Waals surface area contributed by atoms with Gasteiger partial charge in [-0.2, -0.15) is 0 Å². The largest absolute Gasteiger partial charge is 0.354 e. The molecule has 128 valence electrons. The summed E-state index contributed by atoms with van der Waals surface area (Å²) in [6.07, 6.45) is 9.78. The standard InChI is InChI=1S/C25H17NS/c1-3-9-18-15-17(8-1)24-23(20-11-5-6-12-22(20)27-18)21-14-13-16-7-2-4-10-19(16)25(21)26-24/h1-14,26H,15H2. The van der Waals surface area contributed by atoms with E-state index in [9.17, 15) is 0 Å². The average Bonchev–Trinajstić information content (AvgIpc) is 2.92. The monoisotopic (exact) mass is 363 g/mol. The van der Waals surface area contributed by atoms with E-state index in [1.807, 2.05) is 11.8 Å². The van der Waals surface area contributed by atoms with Crippen LogP contribution in [0.4, 0.5) is 0 Å². The predicted molar refractivity (Wildman–Crippen MR) is 117 cm³/mol. The highest BCUT2D eigenvalue weighted by Gasteiger charge is 2.24. The van der Waals surface area contributed by atoms with Crippen LogP contribution in [0.2, 0.25) is 0 Å². The van der Waals surface area contributed by atoms with Gasteiger partial charge in [-0.15, -0.1) is 0 Å². The molecule has 0 unspecified atom stereocenters. The number of thioether (sulfide) groups is 1. The van der Waals surface area contributed by atoms with Crippen molar-refractivity contribution >= 4 is 39.0 Å². The maximum atomic E-state index is 3.81. The quantitative estimate of drug-likeness (QED) is 0.346. The Morgan fingerprint density at radius 2 is 1.63 bits per heavy atom. The highest BCUT2D eigenvalue weighted by Crippen LogP contribution is 2.48. The molecule has 0 saturated heterocycles. The van der Waals surface area contributed by atoms with Gasteiger partial charge in [0.05, 0.1) is 11.2 Å². The molecular weight excluding hydrogens is 346 g/mol. The van der Waals surface area contributed by atoms with Gasteiger partial charge in [0, 0.05) is 27.7 Å². The number of aromatic nitrogens is 1. The van der Waals surface area contributed by atoms with Crippen molar-refractivity contribution in [2.45, 2.75) is 11.3 Å². The lowest BCUT2D eigenvalue weighted by Crippen LogP contribution is -1.95. The van der Waals surface area contributed by atoms with E-state index in [0.717, 1.165) is 6.42 Å². The van der Waals surface area contributed by atoms with Gasteiger partial charge < -0.3 is 4.98 Å². The predicted octanol–water partition coefficient (Wildman–Crippen LogP) is 7.32. The second-order valence-corrected chi connectivity index (χ2v) is 8.24. The zero-order valence-corrected chi connectivity index (χ0v) is 15.5. The number of fused-ring (bicyclic) bond motifs is 10. The Labute approximate surface area is 162 Å². The molecule has 2 aliphatic rings. The number of benzene rings is 3. The molecule has 4 aromatic rings. The zero-order valence-electron chi connectivity index (χ0n) is 14.7. The van der Waals surface area contributed by atoms with Gasteiger partial charge in [0.15, 0.2) is 0 Å². The summed E-state index contributed by atoms with van der Waals surface area (Å²) in [6.45, 7) is 0. The maximum absolute atomic E-state index is 3.81. The van der Waals surface area contributed by atoms with Crippen LogP contribution in [0.5, 0.6) is 0 Å². The second kappa shape index (κ2) is 5.77. The fourth-order valence-corrected chi connectivity index (χ4v) is 5.33. The summed E-state index contributed by atoms with van der Waals surface area (Å²) in [5.41, 5.74) is 6.50. The van der Waals surface area contributed by atoms with Crippen molar-refractivity contribution in [3.8, 4) is 11.1 Å². The Morgan fingerprint density at radius 1 is 0.778 bits per heavy atom. The Kier molecular flexibility index (Phi) is 3.23. The Morgan fingerprint density at radius 3 is 2.63 bits per heavy atom. The molecule has 3 aromatic carbocycles. The summed E-state index contributed by atoms with van der Waals surface area (Å²) in [4.78, 5) is 6.53. The van der Waals surface area contributed by atoms with Crippen LogP contribution >= 0.6 is 11.8 Å². The summed E-state index contributed by atoms with van der Waals surface area (Å²) >= 11 is 1.89. The van der Waals surface area contributed by atoms with Gasteiger partial charge >= 0.3 is 0 Å². The van der Waals surface area contributed by atoms with E-state index in [2.05, 4.69) is 90.0 Å². The molecule has 0 amide bonds. The summed E-state index contributed by atoms with van der Waals surface area (Å²) < 4.78 is 0. The lowest BCUT2D eigenvalue weighted by atomic mass is 9.95. The highest BCUT2D eigenvalue weighted by atomic mass is 32.2. The topological polar surface area (TPSA) is 15.8 Å². The van der Waals surface area contributed by atoms with Crippen molar-refractivity contribution in [2.24, 2.45) is 0 Å². The van der Waals surface area contributed by atoms with Gasteiger partial charge in [-0.25, -0.2) is 0 Å². The van der Waals surface area contributed by atoms with Crippen LogP contribution < -0.4 is 0 Å². The molecule has 2 heteroatoms. The maximum Gasteiger partial charge on any atom is 0.0544 e. The molecule has 2 bridgehead atoms. The first-order valence-corrected chi connectivity index (χ1v) is 10.1. The van der Waals surface area contributed by atoms with E-state index < -0.39 is 0 Å². The van der Waals surface area contributed by atoms with Gasteiger partial charge in [0.2, 0.25) is 0 Å². The lowest BCUT2D eigenvalue weighted by molar-refractivity contribution is 1.28. The summed E-state index contributed by atoms with van der Waals surface area (Å²) in [5, 5.41) is 3.86. The van der Waals surface area contributed by atoms with Gasteiger partial charge in [0.25, 0.3) is 0 Å². The molecule has 0 radical (unpaired) electrons. The fraction of sp³-hybridized carbons (Fsp3) is 0.0400. The number of allylic oxidation sites excluding steroid dienone is 6. The average molecular weight is 363 g/mol. The number of rotatable bonds is 0. The third-order valence-electron chi connectivity index (χ3n) is 5.47. The summed E-state index contributed by atoms with van der Waals surface area (Å²) in [7, 11) is 0. The van der Waals surface area contributed by atoms with Crippen LogP contribution in [0, 0.1) is 0 Å². The molecule has 0 atom stereocenters. The van der Waals surface area contributed by atoms with Crippen molar-refractivity contribution in [1.82, 2.24) is 4.98 Å². The molecule has 0 spiro atoms. The van der Waals surface area contributed by atoms with E-state index in [0.29, 0.717) is 0 Å². The van der Waals surface area contributed by atoms with Crippen molar-refractivity contribution in [1.29, 1.82) is 0 Å². The molecule has 1 aliphatic heterocycles. The van der Waals surface area contributed by atoms with Gasteiger partial charge in [0.1, 0.15) is 0 Å². The van der Waals surface area contributed by atoms with Crippen LogP contribution in [0.3, 0.4) is 0 Å². The van der Waals surface area contributed by atoms with Crippen molar-refractivity contribution in [3.63, 3.8) is 0 Å². The minimum Gasteiger partial charge on any atom is -0.354 e. The molecule has 1 N–H and O–H groups in total. The molecule has 0 fully saturated rings. The van der Waals surface area contributed by atoms with Gasteiger partial charge in [-0.3, -0.25) is 0 Å². The van der Waals surface area contributed by atoms with Crippen LogP contribution in [0.25, 0.3) is 38.4 Å². The van der Waals surface area contributed by atoms with Crippen LogP contribution in [-0.4, -0.2) is 4.98 Å². The minimum atomic E-state index is 0.962. The third kappa shape index (κ3) is 2.27. The minimum absolute atomic E-state index is 0.962. The molecule has 6 rings (SSSR count). The fourth-order valence-electron chi connectivity index (χ4n) is 4.24. The van der Waals surface area contributed by atoms with Crippen molar-refractivity contribution < 1.29 is 0 Å². The SMILES string of the molecule is C1=CC=C2CC(=C1)Sc1ccccc1-c1c2[nH]c2c1ccc1ccccc12. The van der Waals surface area contributed by atoms with E-state index in [1.165, 1.54) is 53.9 Å². The van der Waals surface area contributed by atoms with Crippen molar-refractivity contribution in [2.75, 3.05) is 0 Å². The Balaban J connectivity index is 1.80. The number of nitrogens with one attached hydrogen (secondary N) is 1. The van der Waals surface area contributed by atoms with Crippen LogP contribution in [0.1, 0.15) is 12.1 Å². The normalized spacial score (nSPS) is 15.4. The first-order valence-electron chi connectivity index (χ1n) is 9.26. The summed E-state index contributed by atoms with van der Waals surface area (Å²) in [6, 6.07) is 21.9. The third-order valence-corrected chi connectivity index (χ3v) is 6.59. The number of H-pyrrole nitrogens is 1. The first kappa shape index (κ1) is 15.1. The molecule has 1 aliphatic carbocycles. The molecule has 0 saturated carbocycles. The Bertz CT molecular complexity index is 1320. The lowest BCUT2D eigenvalue weighted by Gasteiger charge is -2.18. The van der Waals surface area contributed by atoms with E-state index in [4.69, 9.17) is 0 Å². The van der Waals surface area contributed by atoms with Gasteiger partial charge in [-0.05, 0) is 27.5 Å². The molecule has 27 heavy (non-hydrogen) atoms. The van der Waals surface area contributed by atoms with E-state index >= 15 is 0 Å². The second-order valence-electron chi connectivity index (χ2n) is 7.07. The number of hydrogen-bond acceptors (Lipinski definition) is 1. The Hall–Kier alpha value is -2.97. The van der Waals surface area contributed by atoms with Crippen LogP contribution in [0.15, 0.2) is 94.8 Å². The molecule has 1 nitrogen and oxygen atoms in total. The van der Waals surface area contributed by atoms with E-state index in [1.54, 1.807) is 0 Å².